The van der Waals surface area contributed by atoms with E-state index < -0.39 is 11.6 Å². The van der Waals surface area contributed by atoms with Gasteiger partial charge in [-0.2, -0.15) is 9.97 Å². The normalized spacial score (nSPS) is 25.8. The number of hydrogen-bond donors (Lipinski definition) is 1. The van der Waals surface area contributed by atoms with E-state index in [1.165, 1.54) is 6.07 Å². The number of rotatable bonds is 6. The van der Waals surface area contributed by atoms with Crippen LogP contribution in [0.4, 0.5) is 14.6 Å². The van der Waals surface area contributed by atoms with Crippen LogP contribution < -0.4 is 15.0 Å². The van der Waals surface area contributed by atoms with Gasteiger partial charge in [0.15, 0.2) is 5.82 Å². The summed E-state index contributed by atoms with van der Waals surface area (Å²) in [5.41, 5.74) is 1.59. The lowest BCUT2D eigenvalue weighted by Gasteiger charge is -2.41. The second kappa shape index (κ2) is 11.4. The van der Waals surface area contributed by atoms with Crippen molar-refractivity contribution in [3.63, 3.8) is 0 Å². The van der Waals surface area contributed by atoms with E-state index in [2.05, 4.69) is 34.9 Å². The molecule has 2 aromatic carbocycles. The standard InChI is InChI=1S/C37H40F2N6O/c1-4-8-24-20-44-25(19-40-24)12-14-29-31-34(42-36(43-35(31)44)46-21-37-16-7-18-45(37)22(3)15-17-37)32(39)33(41-29)27-10-6-9-23-11-13-28(38)26(5-2)30(23)27/h2,6,9-11,13,22,24-25,40H,4,7-8,12,14-21H2,1,3H3/t22-,24-,25-,37+/m1/s1. The van der Waals surface area contributed by atoms with Gasteiger partial charge in [0.1, 0.15) is 29.5 Å². The van der Waals surface area contributed by atoms with Crippen LogP contribution in [-0.2, 0) is 6.42 Å². The van der Waals surface area contributed by atoms with Gasteiger partial charge in [0.2, 0.25) is 0 Å². The van der Waals surface area contributed by atoms with E-state index in [1.807, 2.05) is 12.1 Å². The van der Waals surface area contributed by atoms with Gasteiger partial charge in [-0.1, -0.05) is 43.5 Å². The van der Waals surface area contributed by atoms with Crippen molar-refractivity contribution in [2.75, 3.05) is 31.1 Å². The Bertz CT molecular complexity index is 1890. The lowest BCUT2D eigenvalue weighted by Crippen LogP contribution is -2.56. The average Bonchev–Trinajstić information content (AvgIpc) is 3.58. The molecule has 0 amide bonds. The summed E-state index contributed by atoms with van der Waals surface area (Å²) in [5.74, 6) is 2.11. The fraction of sp³-hybridized carbons (Fsp3) is 0.486. The Balaban J connectivity index is 1.31. The number of benzene rings is 2. The van der Waals surface area contributed by atoms with E-state index in [-0.39, 0.29) is 34.4 Å². The number of ether oxygens (including phenoxy) is 1. The van der Waals surface area contributed by atoms with Crippen molar-refractivity contribution in [1.29, 1.82) is 0 Å². The van der Waals surface area contributed by atoms with Crippen LogP contribution in [0.15, 0.2) is 30.3 Å². The number of hydrogen-bond acceptors (Lipinski definition) is 7. The zero-order valence-electron chi connectivity index (χ0n) is 26.6. The van der Waals surface area contributed by atoms with Crippen LogP contribution in [0.2, 0.25) is 0 Å². The summed E-state index contributed by atoms with van der Waals surface area (Å²) in [4.78, 5) is 19.8. The van der Waals surface area contributed by atoms with Gasteiger partial charge in [-0.25, -0.2) is 13.8 Å². The zero-order valence-corrected chi connectivity index (χ0v) is 26.6. The lowest BCUT2D eigenvalue weighted by atomic mass is 9.95. The Morgan fingerprint density at radius 3 is 2.85 bits per heavy atom. The van der Waals surface area contributed by atoms with E-state index in [0.29, 0.717) is 47.3 Å². The maximum Gasteiger partial charge on any atom is 0.319 e. The van der Waals surface area contributed by atoms with Gasteiger partial charge in [-0.15, -0.1) is 6.42 Å². The molecule has 0 radical (unpaired) electrons. The highest BCUT2D eigenvalue weighted by Crippen LogP contribution is 2.44. The number of halogens is 2. The number of nitrogens with zero attached hydrogens (tertiary/aromatic N) is 5. The van der Waals surface area contributed by atoms with Gasteiger partial charge in [0.05, 0.1) is 22.2 Å². The number of aryl methyl sites for hydroxylation is 1. The molecule has 0 bridgehead atoms. The molecule has 4 aliphatic heterocycles. The summed E-state index contributed by atoms with van der Waals surface area (Å²) in [6.07, 6.45) is 13.8. The second-order valence-electron chi connectivity index (χ2n) is 13.7. The number of fused-ring (bicyclic) bond motifs is 4. The van der Waals surface area contributed by atoms with Gasteiger partial charge in [0.25, 0.3) is 0 Å². The third-order valence-corrected chi connectivity index (χ3v) is 11.0. The molecule has 4 aliphatic rings. The Kier molecular flexibility index (Phi) is 7.34. The molecule has 6 heterocycles. The molecule has 7 nitrogen and oxygen atoms in total. The minimum absolute atomic E-state index is 0.0264. The molecule has 238 valence electrons. The largest absolute Gasteiger partial charge is 0.461 e. The Morgan fingerprint density at radius 1 is 1.11 bits per heavy atom. The predicted molar refractivity (Wildman–Crippen MR) is 177 cm³/mol. The summed E-state index contributed by atoms with van der Waals surface area (Å²) >= 11 is 0. The second-order valence-corrected chi connectivity index (χ2v) is 13.7. The first kappa shape index (κ1) is 29.5. The van der Waals surface area contributed by atoms with Gasteiger partial charge in [0, 0.05) is 42.2 Å². The van der Waals surface area contributed by atoms with Crippen LogP contribution >= 0.6 is 0 Å². The van der Waals surface area contributed by atoms with Gasteiger partial charge in [-0.3, -0.25) is 4.90 Å². The quantitative estimate of drug-likeness (QED) is 0.250. The molecule has 0 unspecified atom stereocenters. The van der Waals surface area contributed by atoms with Crippen molar-refractivity contribution < 1.29 is 13.5 Å². The number of terminal acetylenes is 1. The summed E-state index contributed by atoms with van der Waals surface area (Å²) < 4.78 is 38.6. The molecule has 3 saturated heterocycles. The van der Waals surface area contributed by atoms with E-state index in [9.17, 15) is 4.39 Å². The maximum atomic E-state index is 17.1. The van der Waals surface area contributed by atoms with Crippen molar-refractivity contribution >= 4 is 27.5 Å². The smallest absolute Gasteiger partial charge is 0.319 e. The first-order valence-electron chi connectivity index (χ1n) is 16.9. The van der Waals surface area contributed by atoms with Crippen LogP contribution in [0.3, 0.4) is 0 Å². The molecule has 1 N–H and O–H groups in total. The number of piperazine rings is 1. The Hall–Kier alpha value is -3.87. The molecule has 0 saturated carbocycles. The Labute approximate surface area is 268 Å². The highest BCUT2D eigenvalue weighted by molar-refractivity contribution is 6.02. The molecule has 0 aliphatic carbocycles. The predicted octanol–water partition coefficient (Wildman–Crippen LogP) is 6.39. The number of aromatic nitrogens is 3. The highest BCUT2D eigenvalue weighted by Gasteiger charge is 2.48. The summed E-state index contributed by atoms with van der Waals surface area (Å²) in [5, 5.41) is 5.57. The Morgan fingerprint density at radius 2 is 2.00 bits per heavy atom. The van der Waals surface area contributed by atoms with Crippen molar-refractivity contribution in [2.45, 2.75) is 88.9 Å². The average molecular weight is 623 g/mol. The van der Waals surface area contributed by atoms with Gasteiger partial charge >= 0.3 is 6.01 Å². The first-order valence-corrected chi connectivity index (χ1v) is 16.9. The molecule has 9 heteroatoms. The molecule has 0 spiro atoms. The third-order valence-electron chi connectivity index (χ3n) is 11.0. The molecule has 4 aromatic rings. The molecular weight excluding hydrogens is 582 g/mol. The molecule has 8 rings (SSSR count). The van der Waals surface area contributed by atoms with Crippen LogP contribution in [-0.4, -0.2) is 69.8 Å². The lowest BCUT2D eigenvalue weighted by molar-refractivity contribution is 0.0889. The van der Waals surface area contributed by atoms with Gasteiger partial charge < -0.3 is 15.0 Å². The van der Waals surface area contributed by atoms with Crippen molar-refractivity contribution in [3.8, 4) is 29.6 Å². The fourth-order valence-electron chi connectivity index (χ4n) is 8.73. The molecule has 46 heavy (non-hydrogen) atoms. The van der Waals surface area contributed by atoms with E-state index in [1.54, 1.807) is 12.1 Å². The summed E-state index contributed by atoms with van der Waals surface area (Å²) in [6, 6.07) is 9.69. The monoisotopic (exact) mass is 622 g/mol. The highest BCUT2D eigenvalue weighted by atomic mass is 19.1. The maximum absolute atomic E-state index is 17.1. The van der Waals surface area contributed by atoms with E-state index in [4.69, 9.17) is 26.1 Å². The van der Waals surface area contributed by atoms with Crippen LogP contribution in [0, 0.1) is 24.0 Å². The van der Waals surface area contributed by atoms with Crippen LogP contribution in [0.5, 0.6) is 6.01 Å². The number of nitrogens with one attached hydrogen (secondary N) is 1. The van der Waals surface area contributed by atoms with E-state index >= 15 is 4.39 Å². The molecular formula is C37H40F2N6O. The third kappa shape index (κ3) is 4.64. The number of anilines is 1. The van der Waals surface area contributed by atoms with Gasteiger partial charge in [-0.05, 0) is 69.9 Å². The summed E-state index contributed by atoms with van der Waals surface area (Å²) in [6.45, 7) is 7.64. The number of pyridine rings is 1. The molecule has 3 fully saturated rings. The summed E-state index contributed by atoms with van der Waals surface area (Å²) in [7, 11) is 0. The minimum atomic E-state index is -0.569. The van der Waals surface area contributed by atoms with E-state index in [0.717, 1.165) is 75.7 Å². The minimum Gasteiger partial charge on any atom is -0.461 e. The molecule has 2 aromatic heterocycles. The van der Waals surface area contributed by atoms with Crippen molar-refractivity contribution in [2.24, 2.45) is 0 Å². The first-order chi connectivity index (χ1) is 22.4. The fourth-order valence-corrected chi connectivity index (χ4v) is 8.73. The van der Waals surface area contributed by atoms with Crippen molar-refractivity contribution in [1.82, 2.24) is 25.2 Å². The zero-order chi connectivity index (χ0) is 31.6. The molecule has 4 atom stereocenters. The SMILES string of the molecule is C#Cc1c(F)ccc2cccc(-c3nc4c5c(nc(OC[C@@]67CCCN6[C@H](C)CC7)nc5c3F)N3C[C@@H](CCC)NC[C@H]3CC4)c12. The van der Waals surface area contributed by atoms with Crippen LogP contribution in [0.1, 0.15) is 70.1 Å². The van der Waals surface area contributed by atoms with Crippen LogP contribution in [0.25, 0.3) is 32.9 Å². The van der Waals surface area contributed by atoms with Crippen molar-refractivity contribution in [3.05, 3.63) is 53.2 Å². The topological polar surface area (TPSA) is 66.4 Å².